The van der Waals surface area contributed by atoms with E-state index in [-0.39, 0.29) is 5.04 Å². The van der Waals surface area contributed by atoms with Crippen LogP contribution >= 0.6 is 0 Å². The smallest absolute Gasteiger partial charge is 0.320 e. The lowest BCUT2D eigenvalue weighted by atomic mass is 10.2. The Morgan fingerprint density at radius 3 is 1.85 bits per heavy atom. The zero-order valence-electron chi connectivity index (χ0n) is 16.9. The van der Waals surface area contributed by atoms with E-state index in [2.05, 4.69) is 69.3 Å². The first-order chi connectivity index (χ1) is 13.0. The van der Waals surface area contributed by atoms with Crippen LogP contribution in [0, 0.1) is 0 Å². The maximum Gasteiger partial charge on any atom is 0.320 e. The summed E-state index contributed by atoms with van der Waals surface area (Å²) in [7, 11) is -1.04. The van der Waals surface area contributed by atoms with Crippen LogP contribution in [0.25, 0.3) is 0 Å². The zero-order chi connectivity index (χ0) is 19.8. The lowest BCUT2D eigenvalue weighted by Gasteiger charge is -2.43. The molecule has 2 rings (SSSR count). The fraction of sp³-hybridized carbons (Fsp3) is 0.304. The highest BCUT2D eigenvalue weighted by atomic mass is 28.4. The highest BCUT2D eigenvalue weighted by Gasteiger charge is 2.52. The lowest BCUT2D eigenvalue weighted by molar-refractivity contribution is 0.264. The van der Waals surface area contributed by atoms with Crippen LogP contribution in [0.15, 0.2) is 85.0 Å². The fourth-order valence-electron chi connectivity index (χ4n) is 3.25. The van der Waals surface area contributed by atoms with Crippen LogP contribution in [0.1, 0.15) is 27.7 Å². The Hall–Kier alpha value is -2.46. The highest BCUT2D eigenvalue weighted by molar-refractivity contribution is 6.99. The molecule has 0 aliphatic heterocycles. The molecule has 0 aliphatic carbocycles. The summed E-state index contributed by atoms with van der Waals surface area (Å²) in [5.74, 6) is 0.653. The molecule has 0 bridgehead atoms. The van der Waals surface area contributed by atoms with E-state index in [0.29, 0.717) is 12.4 Å². The van der Waals surface area contributed by atoms with Gasteiger partial charge in [0.1, 0.15) is 12.0 Å². The lowest BCUT2D eigenvalue weighted by Crippen LogP contribution is -2.66. The molecule has 144 valence electrons. The number of hydrogen-bond acceptors (Lipinski definition) is 3. The standard InChI is InChI=1S/C23H30O3Si/c1-6-25-18-17-20(19-24-5)26-27(23(2,3)4,21-13-9-7-10-14-21)22-15-11-8-12-16-22/h7-19H,6H2,1-5H3/b18-17+,20-19+. The Balaban J connectivity index is 2.66. The molecule has 0 spiro atoms. The van der Waals surface area contributed by atoms with Crippen LogP contribution in [0.3, 0.4) is 0 Å². The molecule has 0 saturated heterocycles. The van der Waals surface area contributed by atoms with Gasteiger partial charge in [-0.05, 0) is 22.3 Å². The molecule has 4 heteroatoms. The maximum absolute atomic E-state index is 6.87. The molecule has 3 nitrogen and oxygen atoms in total. The van der Waals surface area contributed by atoms with Crippen molar-refractivity contribution in [3.05, 3.63) is 85.0 Å². The molecule has 2 aromatic carbocycles. The molecule has 2 aromatic rings. The summed E-state index contributed by atoms with van der Waals surface area (Å²) in [6.07, 6.45) is 5.12. The maximum atomic E-state index is 6.87. The Kier molecular flexibility index (Phi) is 7.31. The van der Waals surface area contributed by atoms with Crippen molar-refractivity contribution in [2.24, 2.45) is 0 Å². The largest absolute Gasteiger partial charge is 0.532 e. The second-order valence-electron chi connectivity index (χ2n) is 7.28. The van der Waals surface area contributed by atoms with Crippen molar-refractivity contribution in [3.8, 4) is 0 Å². The van der Waals surface area contributed by atoms with Gasteiger partial charge in [0.05, 0.1) is 20.0 Å². The number of allylic oxidation sites excluding steroid dienone is 1. The van der Waals surface area contributed by atoms with Crippen molar-refractivity contribution in [2.45, 2.75) is 32.7 Å². The molecule has 0 aliphatic rings. The van der Waals surface area contributed by atoms with Crippen molar-refractivity contribution >= 4 is 18.7 Å². The summed E-state index contributed by atoms with van der Waals surface area (Å²) in [6, 6.07) is 21.0. The molecule has 0 saturated carbocycles. The fourth-order valence-corrected chi connectivity index (χ4v) is 7.65. The predicted octanol–water partition coefficient (Wildman–Crippen LogP) is 4.60. The number of hydrogen-bond donors (Lipinski definition) is 0. The van der Waals surface area contributed by atoms with Crippen molar-refractivity contribution < 1.29 is 13.9 Å². The number of rotatable bonds is 8. The van der Waals surface area contributed by atoms with E-state index < -0.39 is 8.32 Å². The normalized spacial score (nSPS) is 12.9. The Bertz CT molecular complexity index is 707. The van der Waals surface area contributed by atoms with Gasteiger partial charge in [-0.1, -0.05) is 81.4 Å². The van der Waals surface area contributed by atoms with E-state index >= 15 is 0 Å². The van der Waals surface area contributed by atoms with Gasteiger partial charge in [-0.3, -0.25) is 0 Å². The van der Waals surface area contributed by atoms with Crippen molar-refractivity contribution in [1.29, 1.82) is 0 Å². The summed E-state index contributed by atoms with van der Waals surface area (Å²) in [6.45, 7) is 9.30. The zero-order valence-corrected chi connectivity index (χ0v) is 17.9. The van der Waals surface area contributed by atoms with Gasteiger partial charge in [-0.15, -0.1) is 0 Å². The van der Waals surface area contributed by atoms with Crippen LogP contribution in [0.2, 0.25) is 5.04 Å². The topological polar surface area (TPSA) is 27.7 Å². The van der Waals surface area contributed by atoms with Crippen LogP contribution < -0.4 is 10.4 Å². The van der Waals surface area contributed by atoms with Crippen LogP contribution in [-0.4, -0.2) is 22.0 Å². The van der Waals surface area contributed by atoms with E-state index in [1.54, 1.807) is 19.6 Å². The Morgan fingerprint density at radius 1 is 0.926 bits per heavy atom. The molecule has 0 radical (unpaired) electrons. The highest BCUT2D eigenvalue weighted by Crippen LogP contribution is 2.38. The van der Waals surface area contributed by atoms with E-state index in [1.807, 2.05) is 25.1 Å². The van der Waals surface area contributed by atoms with E-state index in [0.717, 1.165) is 0 Å². The first-order valence-corrected chi connectivity index (χ1v) is 11.2. The van der Waals surface area contributed by atoms with Crippen LogP contribution in [0.4, 0.5) is 0 Å². The molecular formula is C23H30O3Si. The van der Waals surface area contributed by atoms with Crippen molar-refractivity contribution in [1.82, 2.24) is 0 Å². The minimum Gasteiger partial charge on any atom is -0.532 e. The second kappa shape index (κ2) is 9.47. The van der Waals surface area contributed by atoms with Gasteiger partial charge in [0.25, 0.3) is 0 Å². The summed E-state index contributed by atoms with van der Waals surface area (Å²) in [4.78, 5) is 0. The summed E-state index contributed by atoms with van der Waals surface area (Å²) in [5.41, 5.74) is 0. The second-order valence-corrected chi connectivity index (χ2v) is 11.5. The number of ether oxygens (including phenoxy) is 2. The molecular weight excluding hydrogens is 352 g/mol. The quantitative estimate of drug-likeness (QED) is 0.379. The third kappa shape index (κ3) is 4.83. The van der Waals surface area contributed by atoms with Gasteiger partial charge in [0.2, 0.25) is 0 Å². The molecule has 0 aromatic heterocycles. The molecule has 0 heterocycles. The molecule has 27 heavy (non-hydrogen) atoms. The molecule has 0 unspecified atom stereocenters. The van der Waals surface area contributed by atoms with Crippen LogP contribution in [0.5, 0.6) is 0 Å². The summed E-state index contributed by atoms with van der Waals surface area (Å²) >= 11 is 0. The molecule has 0 N–H and O–H groups in total. The molecule has 0 fully saturated rings. The van der Waals surface area contributed by atoms with Gasteiger partial charge >= 0.3 is 8.32 Å². The first-order valence-electron chi connectivity index (χ1n) is 9.27. The molecule has 0 atom stereocenters. The summed E-state index contributed by atoms with van der Waals surface area (Å²) < 4.78 is 17.5. The van der Waals surface area contributed by atoms with Crippen LogP contribution in [-0.2, 0) is 13.9 Å². The monoisotopic (exact) mass is 382 g/mol. The van der Waals surface area contributed by atoms with Gasteiger partial charge in [0.15, 0.2) is 0 Å². The average Bonchev–Trinajstić information content (AvgIpc) is 2.66. The molecule has 0 amide bonds. The first kappa shape index (κ1) is 20.8. The number of benzene rings is 2. The minimum atomic E-state index is -2.66. The number of methoxy groups -OCH3 is 1. The minimum absolute atomic E-state index is 0.109. The predicted molar refractivity (Wildman–Crippen MR) is 115 cm³/mol. The average molecular weight is 383 g/mol. The van der Waals surface area contributed by atoms with Crippen molar-refractivity contribution in [3.63, 3.8) is 0 Å². The van der Waals surface area contributed by atoms with E-state index in [1.165, 1.54) is 10.4 Å². The van der Waals surface area contributed by atoms with E-state index in [4.69, 9.17) is 13.9 Å². The van der Waals surface area contributed by atoms with Gasteiger partial charge < -0.3 is 13.9 Å². The Morgan fingerprint density at radius 2 is 1.44 bits per heavy atom. The van der Waals surface area contributed by atoms with Gasteiger partial charge in [-0.2, -0.15) is 0 Å². The van der Waals surface area contributed by atoms with E-state index in [9.17, 15) is 0 Å². The third-order valence-corrected chi connectivity index (χ3v) is 9.36. The van der Waals surface area contributed by atoms with Crippen molar-refractivity contribution in [2.75, 3.05) is 13.7 Å². The van der Waals surface area contributed by atoms with Gasteiger partial charge in [0, 0.05) is 6.08 Å². The summed E-state index contributed by atoms with van der Waals surface area (Å²) in [5, 5.41) is 2.33. The third-order valence-electron chi connectivity index (χ3n) is 4.42. The Labute approximate surface area is 164 Å². The SMILES string of the molecule is CCO/C=C/C(=C\OC)O[Si](c1ccccc1)(c1ccccc1)C(C)(C)C. The van der Waals surface area contributed by atoms with Gasteiger partial charge in [-0.25, -0.2) is 0 Å².